The van der Waals surface area contributed by atoms with Crippen LogP contribution in [-0.4, -0.2) is 46.1 Å². The third-order valence-electron chi connectivity index (χ3n) is 4.95. The highest BCUT2D eigenvalue weighted by Crippen LogP contribution is 2.25. The van der Waals surface area contributed by atoms with Crippen LogP contribution in [0.4, 0.5) is 11.4 Å². The number of benzene rings is 2. The summed E-state index contributed by atoms with van der Waals surface area (Å²) in [6.07, 6.45) is 0. The Labute approximate surface area is 162 Å². The molecule has 7 heteroatoms. The van der Waals surface area contributed by atoms with Gasteiger partial charge < -0.3 is 15.4 Å². The fourth-order valence-corrected chi connectivity index (χ4v) is 3.46. The van der Waals surface area contributed by atoms with Crippen molar-refractivity contribution in [3.8, 4) is 22.6 Å². The Morgan fingerprint density at radius 2 is 1.68 bits per heavy atom. The van der Waals surface area contributed by atoms with Crippen LogP contribution in [0.25, 0.3) is 28.3 Å². The molecule has 0 radical (unpaired) electrons. The van der Waals surface area contributed by atoms with Gasteiger partial charge in [0.2, 0.25) is 0 Å². The number of aromatic nitrogens is 4. The molecule has 140 valence electrons. The van der Waals surface area contributed by atoms with E-state index in [0.717, 1.165) is 43.1 Å². The Morgan fingerprint density at radius 3 is 2.46 bits per heavy atom. The largest absolute Gasteiger partial charge is 0.399 e. The van der Waals surface area contributed by atoms with Crippen LogP contribution in [0, 0.1) is 0 Å². The molecule has 28 heavy (non-hydrogen) atoms. The quantitative estimate of drug-likeness (QED) is 0.557. The molecule has 4 aromatic rings. The van der Waals surface area contributed by atoms with Gasteiger partial charge in [-0.2, -0.15) is 9.61 Å². The summed E-state index contributed by atoms with van der Waals surface area (Å²) in [5.74, 6) is 0.717. The van der Waals surface area contributed by atoms with E-state index in [9.17, 15) is 0 Å². The fourth-order valence-electron chi connectivity index (χ4n) is 3.46. The molecule has 0 atom stereocenters. The van der Waals surface area contributed by atoms with Crippen LogP contribution in [0.5, 0.6) is 0 Å². The van der Waals surface area contributed by atoms with Crippen molar-refractivity contribution >= 4 is 17.0 Å². The Hall–Kier alpha value is -3.45. The number of ether oxygens (including phenoxy) is 1. The lowest BCUT2D eigenvalue weighted by atomic mass is 10.1. The van der Waals surface area contributed by atoms with Crippen LogP contribution in [0.2, 0.25) is 0 Å². The van der Waals surface area contributed by atoms with Crippen molar-refractivity contribution in [1.82, 2.24) is 19.8 Å². The van der Waals surface area contributed by atoms with Crippen LogP contribution in [0.3, 0.4) is 0 Å². The number of nitrogen functional groups attached to an aromatic ring is 1. The summed E-state index contributed by atoms with van der Waals surface area (Å²) in [5, 5.41) is 13.4. The summed E-state index contributed by atoms with van der Waals surface area (Å²) < 4.78 is 7.21. The second kappa shape index (κ2) is 6.94. The number of rotatable bonds is 3. The van der Waals surface area contributed by atoms with Crippen molar-refractivity contribution < 1.29 is 4.74 Å². The lowest BCUT2D eigenvalue weighted by Gasteiger charge is -2.28. The van der Waals surface area contributed by atoms with E-state index in [2.05, 4.69) is 39.4 Å². The predicted octanol–water partition coefficient (Wildman–Crippen LogP) is 2.88. The van der Waals surface area contributed by atoms with Crippen molar-refractivity contribution in [3.05, 3.63) is 60.7 Å². The molecule has 0 amide bonds. The van der Waals surface area contributed by atoms with E-state index < -0.39 is 0 Å². The second-order valence-corrected chi connectivity index (χ2v) is 6.78. The number of nitrogens with two attached hydrogens (primary N) is 1. The third kappa shape index (κ3) is 3.05. The van der Waals surface area contributed by atoms with Crippen LogP contribution in [0.15, 0.2) is 60.7 Å². The first-order valence-electron chi connectivity index (χ1n) is 9.29. The van der Waals surface area contributed by atoms with Gasteiger partial charge in [0.1, 0.15) is 0 Å². The first-order valence-corrected chi connectivity index (χ1v) is 9.29. The first kappa shape index (κ1) is 16.7. The number of nitrogens with zero attached hydrogens (tertiary/aromatic N) is 5. The zero-order valence-corrected chi connectivity index (χ0v) is 15.3. The number of hydrogen-bond donors (Lipinski definition) is 1. The SMILES string of the molecule is Nc1cccc(-c2ccc3nnc(-c4ccc(N5CCOCC5)cc4)n3n2)c1. The van der Waals surface area contributed by atoms with Crippen molar-refractivity contribution in [2.24, 2.45) is 0 Å². The molecule has 0 saturated carbocycles. The predicted molar refractivity (Wildman–Crippen MR) is 109 cm³/mol. The zero-order valence-electron chi connectivity index (χ0n) is 15.3. The lowest BCUT2D eigenvalue weighted by molar-refractivity contribution is 0.122. The number of morpholine rings is 1. The van der Waals surface area contributed by atoms with Crippen LogP contribution in [-0.2, 0) is 4.74 Å². The summed E-state index contributed by atoms with van der Waals surface area (Å²) in [7, 11) is 0. The third-order valence-corrected chi connectivity index (χ3v) is 4.95. The molecule has 0 unspecified atom stereocenters. The molecular weight excluding hydrogens is 352 g/mol. The van der Waals surface area contributed by atoms with E-state index in [1.54, 1.807) is 4.52 Å². The molecule has 1 aliphatic heterocycles. The molecule has 1 saturated heterocycles. The van der Waals surface area contributed by atoms with E-state index in [-0.39, 0.29) is 0 Å². The van der Waals surface area contributed by atoms with Gasteiger partial charge in [-0.1, -0.05) is 12.1 Å². The average molecular weight is 372 g/mol. The topological polar surface area (TPSA) is 81.6 Å². The minimum atomic E-state index is 0.708. The van der Waals surface area contributed by atoms with Crippen molar-refractivity contribution in [2.45, 2.75) is 0 Å². The maximum atomic E-state index is 5.91. The number of anilines is 2. The monoisotopic (exact) mass is 372 g/mol. The van der Waals surface area contributed by atoms with Crippen LogP contribution < -0.4 is 10.6 Å². The highest BCUT2D eigenvalue weighted by molar-refractivity contribution is 5.67. The smallest absolute Gasteiger partial charge is 0.185 e. The second-order valence-electron chi connectivity index (χ2n) is 6.78. The van der Waals surface area contributed by atoms with E-state index in [1.165, 1.54) is 5.69 Å². The van der Waals surface area contributed by atoms with Crippen molar-refractivity contribution in [1.29, 1.82) is 0 Å². The van der Waals surface area contributed by atoms with Gasteiger partial charge in [-0.05, 0) is 48.5 Å². The van der Waals surface area contributed by atoms with Crippen molar-refractivity contribution in [2.75, 3.05) is 36.9 Å². The highest BCUT2D eigenvalue weighted by atomic mass is 16.5. The minimum Gasteiger partial charge on any atom is -0.399 e. The maximum Gasteiger partial charge on any atom is 0.185 e. The molecule has 1 fully saturated rings. The molecule has 0 bridgehead atoms. The molecule has 5 rings (SSSR count). The average Bonchev–Trinajstić information content (AvgIpc) is 3.18. The summed E-state index contributed by atoms with van der Waals surface area (Å²) in [4.78, 5) is 2.32. The zero-order chi connectivity index (χ0) is 18.9. The molecule has 2 aromatic heterocycles. The molecule has 3 heterocycles. The molecule has 7 nitrogen and oxygen atoms in total. The standard InChI is InChI=1S/C21H20N6O/c22-17-3-1-2-16(14-17)19-8-9-20-23-24-21(27(20)25-19)15-4-6-18(7-5-15)26-10-12-28-13-11-26/h1-9,14H,10-13,22H2. The Balaban J connectivity index is 1.51. The lowest BCUT2D eigenvalue weighted by Crippen LogP contribution is -2.36. The van der Waals surface area contributed by atoms with Gasteiger partial charge in [-0.15, -0.1) is 10.2 Å². The van der Waals surface area contributed by atoms with E-state index >= 15 is 0 Å². The van der Waals surface area contributed by atoms with Gasteiger partial charge >= 0.3 is 0 Å². The normalized spacial score (nSPS) is 14.5. The van der Waals surface area contributed by atoms with E-state index in [0.29, 0.717) is 17.2 Å². The van der Waals surface area contributed by atoms with Crippen LogP contribution >= 0.6 is 0 Å². The Morgan fingerprint density at radius 1 is 0.857 bits per heavy atom. The molecule has 0 aliphatic carbocycles. The first-order chi connectivity index (χ1) is 13.8. The summed E-state index contributed by atoms with van der Waals surface area (Å²) in [5.41, 5.74) is 11.3. The van der Waals surface area contributed by atoms with E-state index in [4.69, 9.17) is 15.6 Å². The van der Waals surface area contributed by atoms with E-state index in [1.807, 2.05) is 36.4 Å². The van der Waals surface area contributed by atoms with Gasteiger partial charge in [0, 0.05) is 35.6 Å². The summed E-state index contributed by atoms with van der Waals surface area (Å²) in [6.45, 7) is 3.37. The van der Waals surface area contributed by atoms with Gasteiger partial charge in [-0.25, -0.2) is 0 Å². The van der Waals surface area contributed by atoms with Gasteiger partial charge in [0.05, 0.1) is 18.9 Å². The molecule has 1 aliphatic rings. The maximum absolute atomic E-state index is 5.91. The highest BCUT2D eigenvalue weighted by Gasteiger charge is 2.14. The molecule has 2 aromatic carbocycles. The Bertz CT molecular complexity index is 1120. The molecule has 2 N–H and O–H groups in total. The van der Waals surface area contributed by atoms with Gasteiger partial charge in [-0.3, -0.25) is 0 Å². The van der Waals surface area contributed by atoms with Crippen molar-refractivity contribution in [3.63, 3.8) is 0 Å². The van der Waals surface area contributed by atoms with Crippen LogP contribution in [0.1, 0.15) is 0 Å². The van der Waals surface area contributed by atoms with Gasteiger partial charge in [0.25, 0.3) is 0 Å². The fraction of sp³-hybridized carbons (Fsp3) is 0.190. The summed E-state index contributed by atoms with van der Waals surface area (Å²) >= 11 is 0. The number of hydrogen-bond acceptors (Lipinski definition) is 6. The number of fused-ring (bicyclic) bond motifs is 1. The molecule has 0 spiro atoms. The summed E-state index contributed by atoms with van der Waals surface area (Å²) in [6, 6.07) is 19.9. The molecular formula is C21H20N6O. The minimum absolute atomic E-state index is 0.708. The Kier molecular flexibility index (Phi) is 4.14. The van der Waals surface area contributed by atoms with Gasteiger partial charge in [0.15, 0.2) is 11.5 Å².